The van der Waals surface area contributed by atoms with Crippen molar-refractivity contribution in [3.05, 3.63) is 64.1 Å². The number of benzene rings is 2. The first-order valence-electron chi connectivity index (χ1n) is 6.56. The normalized spacial score (nSPS) is 12.3. The molecule has 0 bridgehead atoms. The summed E-state index contributed by atoms with van der Waals surface area (Å²) in [5, 5.41) is 4.92. The predicted molar refractivity (Wildman–Crippen MR) is 94.0 cm³/mol. The van der Waals surface area contributed by atoms with Crippen LogP contribution in [0.1, 0.15) is 12.5 Å². The first kappa shape index (κ1) is 16.9. The van der Waals surface area contributed by atoms with Crippen LogP contribution in [0.25, 0.3) is 0 Å². The van der Waals surface area contributed by atoms with E-state index >= 15 is 0 Å². The minimum absolute atomic E-state index is 0.178. The largest absolute Gasteiger partial charge is 0.272 e. The van der Waals surface area contributed by atoms with Gasteiger partial charge in [-0.2, -0.15) is 5.10 Å². The van der Waals surface area contributed by atoms with Gasteiger partial charge in [-0.15, -0.1) is 11.8 Å². The molecule has 0 aliphatic rings. The smallest absolute Gasteiger partial charge is 0.253 e. The predicted octanol–water partition coefficient (Wildman–Crippen LogP) is 4.62. The minimum Gasteiger partial charge on any atom is -0.272 e. The Morgan fingerprint density at radius 3 is 2.55 bits per heavy atom. The molecule has 1 amide bonds. The average Bonchev–Trinajstić information content (AvgIpc) is 2.51. The topological polar surface area (TPSA) is 41.5 Å². The summed E-state index contributed by atoms with van der Waals surface area (Å²) < 4.78 is 0. The van der Waals surface area contributed by atoms with E-state index in [-0.39, 0.29) is 11.2 Å². The number of thioether (sulfide) groups is 1. The van der Waals surface area contributed by atoms with Crippen LogP contribution in [0, 0.1) is 0 Å². The molecule has 1 N–H and O–H groups in total. The fraction of sp³-hybridized carbons (Fsp3) is 0.125. The Bertz CT molecular complexity index is 674. The molecule has 0 saturated carbocycles. The lowest BCUT2D eigenvalue weighted by molar-refractivity contribution is -0.120. The van der Waals surface area contributed by atoms with Crippen LogP contribution in [0.5, 0.6) is 0 Å². The van der Waals surface area contributed by atoms with Gasteiger partial charge < -0.3 is 0 Å². The van der Waals surface area contributed by atoms with Gasteiger partial charge in [-0.3, -0.25) is 4.79 Å². The molecule has 22 heavy (non-hydrogen) atoms. The van der Waals surface area contributed by atoms with Crippen molar-refractivity contribution >= 4 is 47.1 Å². The van der Waals surface area contributed by atoms with E-state index in [4.69, 9.17) is 23.2 Å². The zero-order valence-electron chi connectivity index (χ0n) is 11.8. The second-order valence-electron chi connectivity index (χ2n) is 4.47. The number of rotatable bonds is 5. The van der Waals surface area contributed by atoms with Gasteiger partial charge in [0, 0.05) is 20.5 Å². The van der Waals surface area contributed by atoms with Crippen LogP contribution in [0.15, 0.2) is 58.5 Å². The molecule has 114 valence electrons. The van der Waals surface area contributed by atoms with E-state index in [1.807, 2.05) is 37.3 Å². The number of hydrazone groups is 1. The first-order chi connectivity index (χ1) is 10.6. The maximum atomic E-state index is 12.0. The maximum absolute atomic E-state index is 12.0. The first-order valence-corrected chi connectivity index (χ1v) is 8.19. The summed E-state index contributed by atoms with van der Waals surface area (Å²) in [7, 11) is 0. The number of nitrogens with one attached hydrogen (secondary N) is 1. The molecule has 0 aromatic heterocycles. The van der Waals surface area contributed by atoms with Crippen LogP contribution in [-0.4, -0.2) is 17.4 Å². The molecular weight excluding hydrogens is 339 g/mol. The van der Waals surface area contributed by atoms with E-state index in [1.165, 1.54) is 18.0 Å². The van der Waals surface area contributed by atoms with Crippen molar-refractivity contribution in [1.29, 1.82) is 0 Å². The van der Waals surface area contributed by atoms with E-state index in [9.17, 15) is 4.79 Å². The molecule has 0 radical (unpaired) electrons. The Morgan fingerprint density at radius 1 is 1.18 bits per heavy atom. The summed E-state index contributed by atoms with van der Waals surface area (Å²) in [6.07, 6.45) is 1.53. The van der Waals surface area contributed by atoms with E-state index in [1.54, 1.807) is 18.2 Å². The van der Waals surface area contributed by atoms with Crippen molar-refractivity contribution < 1.29 is 4.79 Å². The van der Waals surface area contributed by atoms with Gasteiger partial charge in [0.1, 0.15) is 0 Å². The van der Waals surface area contributed by atoms with Crippen molar-refractivity contribution in [3.8, 4) is 0 Å². The molecule has 6 heteroatoms. The number of carbonyl (C=O) groups is 1. The van der Waals surface area contributed by atoms with E-state index < -0.39 is 0 Å². The lowest BCUT2D eigenvalue weighted by Gasteiger charge is -2.09. The van der Waals surface area contributed by atoms with Crippen molar-refractivity contribution in [2.45, 2.75) is 17.1 Å². The summed E-state index contributed by atoms with van der Waals surface area (Å²) in [4.78, 5) is 13.0. The second-order valence-corrected chi connectivity index (χ2v) is 6.73. The van der Waals surface area contributed by atoms with Gasteiger partial charge in [0.05, 0.1) is 11.5 Å². The molecule has 0 aliphatic heterocycles. The Labute approximate surface area is 143 Å². The summed E-state index contributed by atoms with van der Waals surface area (Å²) in [6.45, 7) is 1.82. The fourth-order valence-corrected chi connectivity index (χ4v) is 2.78. The van der Waals surface area contributed by atoms with Gasteiger partial charge in [-0.25, -0.2) is 5.43 Å². The number of hydrogen-bond acceptors (Lipinski definition) is 3. The number of halogens is 2. The molecule has 2 aromatic rings. The Hall–Kier alpha value is -1.49. The number of hydrogen-bond donors (Lipinski definition) is 1. The monoisotopic (exact) mass is 352 g/mol. The van der Waals surface area contributed by atoms with Gasteiger partial charge >= 0.3 is 0 Å². The molecule has 2 rings (SSSR count). The highest BCUT2D eigenvalue weighted by Crippen LogP contribution is 2.24. The van der Waals surface area contributed by atoms with Crippen molar-refractivity contribution in [2.24, 2.45) is 5.10 Å². The number of amides is 1. The highest BCUT2D eigenvalue weighted by Gasteiger charge is 2.13. The fourth-order valence-electron chi connectivity index (χ4n) is 1.61. The summed E-state index contributed by atoms with van der Waals surface area (Å²) in [5.41, 5.74) is 3.27. The third-order valence-electron chi connectivity index (χ3n) is 2.78. The summed E-state index contributed by atoms with van der Waals surface area (Å²) in [6, 6.07) is 14.6. The van der Waals surface area contributed by atoms with Gasteiger partial charge in [0.25, 0.3) is 5.91 Å². The molecule has 0 aliphatic carbocycles. The maximum Gasteiger partial charge on any atom is 0.253 e. The third-order valence-corrected chi connectivity index (χ3v) is 4.49. The van der Waals surface area contributed by atoms with E-state index in [0.717, 1.165) is 10.5 Å². The molecule has 0 fully saturated rings. The summed E-state index contributed by atoms with van der Waals surface area (Å²) in [5.74, 6) is -0.178. The minimum atomic E-state index is -0.274. The Balaban J connectivity index is 1.89. The Kier molecular flexibility index (Phi) is 6.31. The molecule has 0 unspecified atom stereocenters. The summed E-state index contributed by atoms with van der Waals surface area (Å²) >= 11 is 13.3. The standard InChI is InChI=1S/C16H14Cl2N2OS/c1-11(22-14-8-6-13(17)7-9-14)16(21)20-19-10-12-4-2-3-5-15(12)18/h2-11H,1H3,(H,20,21)/b19-10-/t11-/m1/s1. The molecule has 0 saturated heterocycles. The average molecular weight is 353 g/mol. The van der Waals surface area contributed by atoms with Crippen molar-refractivity contribution in [1.82, 2.24) is 5.43 Å². The third kappa shape index (κ3) is 5.05. The van der Waals surface area contributed by atoms with Gasteiger partial charge in [0.15, 0.2) is 0 Å². The van der Waals surface area contributed by atoms with Gasteiger partial charge in [-0.1, -0.05) is 41.4 Å². The van der Waals surface area contributed by atoms with Crippen LogP contribution < -0.4 is 5.43 Å². The highest BCUT2D eigenvalue weighted by atomic mass is 35.5. The molecular formula is C16H14Cl2N2OS. The zero-order valence-corrected chi connectivity index (χ0v) is 14.1. The van der Waals surface area contributed by atoms with Crippen LogP contribution in [0.2, 0.25) is 10.0 Å². The number of nitrogens with zero attached hydrogens (tertiary/aromatic N) is 1. The molecule has 0 spiro atoms. The van der Waals surface area contributed by atoms with Crippen molar-refractivity contribution in [3.63, 3.8) is 0 Å². The highest BCUT2D eigenvalue weighted by molar-refractivity contribution is 8.00. The van der Waals surface area contributed by atoms with Crippen molar-refractivity contribution in [2.75, 3.05) is 0 Å². The Morgan fingerprint density at radius 2 is 1.86 bits per heavy atom. The lowest BCUT2D eigenvalue weighted by Crippen LogP contribution is -2.26. The molecule has 1 atom stereocenters. The second kappa shape index (κ2) is 8.22. The number of carbonyl (C=O) groups excluding carboxylic acids is 1. The zero-order chi connectivity index (χ0) is 15.9. The van der Waals surface area contributed by atoms with Crippen LogP contribution in [-0.2, 0) is 4.79 Å². The van der Waals surface area contributed by atoms with Crippen LogP contribution >= 0.6 is 35.0 Å². The van der Waals surface area contributed by atoms with E-state index in [0.29, 0.717) is 10.0 Å². The molecule has 0 heterocycles. The quantitative estimate of drug-likeness (QED) is 0.484. The van der Waals surface area contributed by atoms with Gasteiger partial charge in [0.2, 0.25) is 0 Å². The van der Waals surface area contributed by atoms with Gasteiger partial charge in [-0.05, 0) is 37.3 Å². The van der Waals surface area contributed by atoms with E-state index in [2.05, 4.69) is 10.5 Å². The lowest BCUT2D eigenvalue weighted by atomic mass is 10.2. The van der Waals surface area contributed by atoms with Crippen LogP contribution in [0.4, 0.5) is 0 Å². The SMILES string of the molecule is C[C@@H](Sc1ccc(Cl)cc1)C(=O)N/N=C\c1ccccc1Cl. The molecule has 2 aromatic carbocycles. The molecule has 3 nitrogen and oxygen atoms in total. The van der Waals surface area contributed by atoms with Crippen LogP contribution in [0.3, 0.4) is 0 Å².